The molecule has 0 bridgehead atoms. The van der Waals surface area contributed by atoms with Gasteiger partial charge in [-0.2, -0.15) is 16.9 Å². The van der Waals surface area contributed by atoms with Gasteiger partial charge >= 0.3 is 0 Å². The van der Waals surface area contributed by atoms with Crippen molar-refractivity contribution in [2.24, 2.45) is 5.41 Å². The Morgan fingerprint density at radius 3 is 2.57 bits per heavy atom. The number of halogens is 1. The van der Waals surface area contributed by atoms with Crippen LogP contribution in [0, 0.1) is 5.41 Å². The summed E-state index contributed by atoms with van der Waals surface area (Å²) in [5, 5.41) is 16.0. The highest BCUT2D eigenvalue weighted by molar-refractivity contribution is 7.98. The van der Waals surface area contributed by atoms with Crippen molar-refractivity contribution in [2.75, 3.05) is 18.6 Å². The molecule has 0 spiro atoms. The third kappa shape index (κ3) is 4.62. The van der Waals surface area contributed by atoms with Crippen LogP contribution in [-0.4, -0.2) is 44.1 Å². The molecule has 1 heterocycles. The number of rotatable bonds is 8. The van der Waals surface area contributed by atoms with E-state index in [9.17, 15) is 5.11 Å². The number of hydrogen-bond donors (Lipinski definition) is 1. The van der Waals surface area contributed by atoms with Gasteiger partial charge in [0.2, 0.25) is 0 Å². The Labute approximate surface area is 146 Å². The molecule has 0 saturated heterocycles. The highest BCUT2D eigenvalue weighted by Crippen LogP contribution is 2.35. The van der Waals surface area contributed by atoms with E-state index in [1.807, 2.05) is 32.2 Å². The minimum Gasteiger partial charge on any atom is -0.493 e. The number of hydrogen-bond acceptors (Lipinski definition) is 5. The topological polar surface area (TPSA) is 60.2 Å². The SMILES string of the molecule is CSCC(O)(Cn1cncn1)C(C)(C)COc1ccc(Cl)cc1. The van der Waals surface area contributed by atoms with E-state index in [2.05, 4.69) is 10.1 Å². The zero-order chi connectivity index (χ0) is 16.9. The average Bonchev–Trinajstić information content (AvgIpc) is 2.99. The Bertz CT molecular complexity index is 604. The Morgan fingerprint density at radius 2 is 2.00 bits per heavy atom. The first kappa shape index (κ1) is 18.1. The summed E-state index contributed by atoms with van der Waals surface area (Å²) in [7, 11) is 0. The van der Waals surface area contributed by atoms with E-state index in [0.717, 1.165) is 5.75 Å². The number of thioether (sulfide) groups is 1. The maximum Gasteiger partial charge on any atom is 0.137 e. The summed E-state index contributed by atoms with van der Waals surface area (Å²) in [6.45, 7) is 4.73. The Kier molecular flexibility index (Phi) is 5.95. The lowest BCUT2D eigenvalue weighted by atomic mass is 9.76. The molecule has 0 fully saturated rings. The van der Waals surface area contributed by atoms with Gasteiger partial charge in [-0.3, -0.25) is 4.68 Å². The zero-order valence-corrected chi connectivity index (χ0v) is 15.1. The van der Waals surface area contributed by atoms with Gasteiger partial charge in [0.15, 0.2) is 0 Å². The predicted molar refractivity (Wildman–Crippen MR) is 94.1 cm³/mol. The average molecular weight is 356 g/mol. The van der Waals surface area contributed by atoms with Crippen molar-refractivity contribution >= 4 is 23.4 Å². The van der Waals surface area contributed by atoms with Crippen LogP contribution >= 0.6 is 23.4 Å². The molecule has 0 aliphatic heterocycles. The van der Waals surface area contributed by atoms with Gasteiger partial charge in [-0.25, -0.2) is 4.98 Å². The van der Waals surface area contributed by atoms with Gasteiger partial charge in [-0.05, 0) is 30.5 Å². The van der Waals surface area contributed by atoms with Crippen LogP contribution < -0.4 is 4.74 Å². The van der Waals surface area contributed by atoms with Crippen LogP contribution in [0.15, 0.2) is 36.9 Å². The van der Waals surface area contributed by atoms with Gasteiger partial charge in [0.1, 0.15) is 24.0 Å². The summed E-state index contributed by atoms with van der Waals surface area (Å²) in [6, 6.07) is 7.22. The monoisotopic (exact) mass is 355 g/mol. The maximum atomic E-state index is 11.2. The van der Waals surface area contributed by atoms with Crippen molar-refractivity contribution in [3.63, 3.8) is 0 Å². The lowest BCUT2D eigenvalue weighted by Gasteiger charge is -2.42. The highest BCUT2D eigenvalue weighted by atomic mass is 35.5. The van der Waals surface area contributed by atoms with E-state index in [4.69, 9.17) is 16.3 Å². The molecular formula is C16H22ClN3O2S. The Morgan fingerprint density at radius 1 is 1.30 bits per heavy atom. The van der Waals surface area contributed by atoms with Gasteiger partial charge in [0.25, 0.3) is 0 Å². The van der Waals surface area contributed by atoms with Crippen LogP contribution in [-0.2, 0) is 6.54 Å². The number of aromatic nitrogens is 3. The summed E-state index contributed by atoms with van der Waals surface area (Å²) in [5.74, 6) is 1.30. The molecule has 1 N–H and O–H groups in total. The molecule has 0 saturated carbocycles. The summed E-state index contributed by atoms with van der Waals surface area (Å²) in [5.41, 5.74) is -1.46. The molecule has 0 radical (unpaired) electrons. The summed E-state index contributed by atoms with van der Waals surface area (Å²) < 4.78 is 7.52. The fourth-order valence-corrected chi connectivity index (χ4v) is 3.29. The van der Waals surface area contributed by atoms with Crippen molar-refractivity contribution in [1.29, 1.82) is 0 Å². The third-order valence-corrected chi connectivity index (χ3v) is 4.96. The first-order valence-electron chi connectivity index (χ1n) is 7.28. The standard InChI is InChI=1S/C16H22ClN3O2S/c1-15(2,9-22-14-6-4-13(17)5-7-14)16(21,10-23-3)8-20-12-18-11-19-20/h4-7,11-12,21H,8-10H2,1-3H3. The van der Waals surface area contributed by atoms with Crippen LogP contribution in [0.25, 0.3) is 0 Å². The van der Waals surface area contributed by atoms with Gasteiger partial charge in [0, 0.05) is 16.2 Å². The van der Waals surface area contributed by atoms with Crippen LogP contribution in [0.3, 0.4) is 0 Å². The summed E-state index contributed by atoms with van der Waals surface area (Å²) >= 11 is 7.48. The lowest BCUT2D eigenvalue weighted by molar-refractivity contribution is -0.0810. The van der Waals surface area contributed by atoms with Crippen LogP contribution in [0.2, 0.25) is 5.02 Å². The number of nitrogens with zero attached hydrogens (tertiary/aromatic N) is 3. The molecule has 0 aliphatic rings. The molecule has 2 aromatic rings. The van der Waals surface area contributed by atoms with Crippen molar-refractivity contribution in [3.05, 3.63) is 41.9 Å². The van der Waals surface area contributed by atoms with E-state index in [-0.39, 0.29) is 0 Å². The molecule has 5 nitrogen and oxygen atoms in total. The number of ether oxygens (including phenoxy) is 1. The van der Waals surface area contributed by atoms with Crippen LogP contribution in [0.5, 0.6) is 5.75 Å². The number of aliphatic hydroxyl groups is 1. The predicted octanol–water partition coefficient (Wildman–Crippen LogP) is 3.13. The molecule has 23 heavy (non-hydrogen) atoms. The third-order valence-electron chi connectivity index (χ3n) is 3.95. The lowest BCUT2D eigenvalue weighted by Crippen LogP contribution is -2.53. The highest BCUT2D eigenvalue weighted by Gasteiger charge is 2.44. The molecule has 2 rings (SSSR count). The molecule has 1 unspecified atom stereocenters. The second kappa shape index (κ2) is 7.55. The van der Waals surface area contributed by atoms with Gasteiger partial charge < -0.3 is 9.84 Å². The molecule has 0 aliphatic carbocycles. The normalized spacial score (nSPS) is 14.5. The number of benzene rings is 1. The van der Waals surface area contributed by atoms with Gasteiger partial charge in [0.05, 0.1) is 13.2 Å². The van der Waals surface area contributed by atoms with E-state index in [0.29, 0.717) is 23.9 Å². The van der Waals surface area contributed by atoms with Gasteiger partial charge in [-0.15, -0.1) is 0 Å². The molecule has 1 aromatic carbocycles. The van der Waals surface area contributed by atoms with Crippen molar-refractivity contribution in [3.8, 4) is 5.75 Å². The first-order chi connectivity index (χ1) is 10.9. The fourth-order valence-electron chi connectivity index (χ4n) is 2.21. The molecule has 7 heteroatoms. The van der Waals surface area contributed by atoms with Crippen molar-refractivity contribution in [1.82, 2.24) is 14.8 Å². The first-order valence-corrected chi connectivity index (χ1v) is 9.06. The Hall–Kier alpha value is -1.24. The van der Waals surface area contributed by atoms with Gasteiger partial charge in [-0.1, -0.05) is 25.4 Å². The van der Waals surface area contributed by atoms with E-state index in [1.54, 1.807) is 34.9 Å². The summed E-state index contributed by atoms with van der Waals surface area (Å²) in [6.07, 6.45) is 5.06. The molecule has 126 valence electrons. The molecular weight excluding hydrogens is 334 g/mol. The quantitative estimate of drug-likeness (QED) is 0.788. The Balaban J connectivity index is 2.10. The molecule has 0 amide bonds. The smallest absolute Gasteiger partial charge is 0.137 e. The minimum absolute atomic E-state index is 0.366. The van der Waals surface area contributed by atoms with E-state index in [1.165, 1.54) is 6.33 Å². The van der Waals surface area contributed by atoms with E-state index < -0.39 is 11.0 Å². The second-order valence-electron chi connectivity index (χ2n) is 6.18. The van der Waals surface area contributed by atoms with Crippen molar-refractivity contribution < 1.29 is 9.84 Å². The van der Waals surface area contributed by atoms with E-state index >= 15 is 0 Å². The van der Waals surface area contributed by atoms with Crippen LogP contribution in [0.4, 0.5) is 0 Å². The second-order valence-corrected chi connectivity index (χ2v) is 7.49. The van der Waals surface area contributed by atoms with Crippen LogP contribution in [0.1, 0.15) is 13.8 Å². The molecule has 1 atom stereocenters. The fraction of sp³-hybridized carbons (Fsp3) is 0.500. The largest absolute Gasteiger partial charge is 0.493 e. The zero-order valence-electron chi connectivity index (χ0n) is 13.6. The molecule has 1 aromatic heterocycles. The maximum absolute atomic E-state index is 11.2. The minimum atomic E-state index is -0.980. The van der Waals surface area contributed by atoms with Crippen molar-refractivity contribution in [2.45, 2.75) is 26.0 Å². The summed E-state index contributed by atoms with van der Waals surface area (Å²) in [4.78, 5) is 3.94.